The number of amidine groups is 1. The Morgan fingerprint density at radius 1 is 0.864 bits per heavy atom. The molecule has 218 valence electrons. The molecule has 1 aliphatic rings. The van der Waals surface area contributed by atoms with Crippen LogP contribution in [0.3, 0.4) is 0 Å². The molecule has 5 rings (SSSR count). The van der Waals surface area contributed by atoms with Gasteiger partial charge in [0.1, 0.15) is 0 Å². The zero-order chi connectivity index (χ0) is 30.9. The van der Waals surface area contributed by atoms with Crippen LogP contribution in [0.1, 0.15) is 60.1 Å². The molecule has 4 heteroatoms. The van der Waals surface area contributed by atoms with Crippen LogP contribution in [-0.2, 0) is 6.42 Å². The second-order valence-electron chi connectivity index (χ2n) is 11.2. The standard InChI is InChI=1S/C40H37N3O/c1-28(27-44)24-31-14-23-39(38(25-31)26-41)30(3)43-40(37-21-19-36(20-22-37)34-12-8-5-9-13-34)42-29(2)32-15-17-35(18-16-32)33-10-6-4-7-11-33/h5-6,8-23,25,28,44H,2,4,7,24,27H2,1,3H3. The van der Waals surface area contributed by atoms with Crippen molar-refractivity contribution in [3.63, 3.8) is 0 Å². The molecule has 4 aromatic carbocycles. The van der Waals surface area contributed by atoms with E-state index in [-0.39, 0.29) is 12.5 Å². The first kappa shape index (κ1) is 30.4. The fourth-order valence-electron chi connectivity index (χ4n) is 5.28. The first-order valence-electron chi connectivity index (χ1n) is 15.1. The Morgan fingerprint density at radius 2 is 1.55 bits per heavy atom. The highest BCUT2D eigenvalue weighted by atomic mass is 16.3. The molecule has 0 aliphatic heterocycles. The van der Waals surface area contributed by atoms with Crippen molar-refractivity contribution in [1.29, 1.82) is 5.26 Å². The van der Waals surface area contributed by atoms with Crippen molar-refractivity contribution in [1.82, 2.24) is 0 Å². The number of aliphatic imine (C=N–C) groups is 2. The summed E-state index contributed by atoms with van der Waals surface area (Å²) < 4.78 is 0. The molecule has 1 atom stereocenters. The molecule has 0 saturated heterocycles. The molecule has 1 N–H and O–H groups in total. The van der Waals surface area contributed by atoms with E-state index in [2.05, 4.69) is 79.4 Å². The van der Waals surface area contributed by atoms with Crippen LogP contribution < -0.4 is 0 Å². The summed E-state index contributed by atoms with van der Waals surface area (Å²) in [5.74, 6) is 0.645. The van der Waals surface area contributed by atoms with E-state index < -0.39 is 0 Å². The third-order valence-electron chi connectivity index (χ3n) is 7.80. The maximum absolute atomic E-state index is 9.98. The van der Waals surface area contributed by atoms with E-state index in [1.54, 1.807) is 0 Å². The Morgan fingerprint density at radius 3 is 2.20 bits per heavy atom. The summed E-state index contributed by atoms with van der Waals surface area (Å²) in [7, 11) is 0. The minimum atomic E-state index is 0.106. The van der Waals surface area contributed by atoms with Gasteiger partial charge in [0, 0.05) is 23.4 Å². The van der Waals surface area contributed by atoms with Gasteiger partial charge in [-0.2, -0.15) is 5.26 Å². The minimum absolute atomic E-state index is 0.106. The van der Waals surface area contributed by atoms with E-state index >= 15 is 0 Å². The highest BCUT2D eigenvalue weighted by molar-refractivity contribution is 6.13. The summed E-state index contributed by atoms with van der Waals surface area (Å²) in [5.41, 5.74) is 10.0. The Balaban J connectivity index is 1.51. The van der Waals surface area contributed by atoms with Crippen LogP contribution in [0.5, 0.6) is 0 Å². The van der Waals surface area contributed by atoms with E-state index in [1.165, 1.54) is 11.1 Å². The van der Waals surface area contributed by atoms with Crippen molar-refractivity contribution >= 4 is 22.8 Å². The second kappa shape index (κ2) is 14.4. The molecular formula is C40H37N3O. The Bertz CT molecular complexity index is 1780. The summed E-state index contributed by atoms with van der Waals surface area (Å²) in [6.07, 6.45) is 9.51. The molecule has 0 radical (unpaired) electrons. The average molecular weight is 576 g/mol. The van der Waals surface area contributed by atoms with Crippen LogP contribution >= 0.6 is 0 Å². The topological polar surface area (TPSA) is 68.7 Å². The second-order valence-corrected chi connectivity index (χ2v) is 11.2. The largest absolute Gasteiger partial charge is 0.396 e. The maximum atomic E-state index is 9.98. The van der Waals surface area contributed by atoms with E-state index in [9.17, 15) is 10.4 Å². The summed E-state index contributed by atoms with van der Waals surface area (Å²) in [4.78, 5) is 9.93. The molecule has 0 fully saturated rings. The monoisotopic (exact) mass is 575 g/mol. The van der Waals surface area contributed by atoms with Crippen molar-refractivity contribution < 1.29 is 5.11 Å². The molecule has 0 saturated carbocycles. The van der Waals surface area contributed by atoms with Crippen LogP contribution in [0.15, 0.2) is 132 Å². The van der Waals surface area contributed by atoms with Gasteiger partial charge in [0.25, 0.3) is 0 Å². The third kappa shape index (κ3) is 7.45. The van der Waals surface area contributed by atoms with E-state index in [1.807, 2.05) is 62.4 Å². The zero-order valence-electron chi connectivity index (χ0n) is 25.4. The lowest BCUT2D eigenvalue weighted by Crippen LogP contribution is -2.08. The first-order chi connectivity index (χ1) is 21.4. The van der Waals surface area contributed by atoms with Gasteiger partial charge in [-0.15, -0.1) is 0 Å². The number of benzene rings is 4. The molecule has 1 unspecified atom stereocenters. The van der Waals surface area contributed by atoms with Crippen molar-refractivity contribution in [2.45, 2.75) is 33.1 Å². The number of allylic oxidation sites excluding steroid dienone is 4. The number of nitrogens with zero attached hydrogens (tertiary/aromatic N) is 3. The van der Waals surface area contributed by atoms with Gasteiger partial charge in [0.2, 0.25) is 0 Å². The Hall–Kier alpha value is -5.11. The van der Waals surface area contributed by atoms with Crippen molar-refractivity contribution in [3.8, 4) is 17.2 Å². The van der Waals surface area contributed by atoms with Gasteiger partial charge in [-0.05, 0) is 71.6 Å². The van der Waals surface area contributed by atoms with Crippen molar-refractivity contribution in [2.24, 2.45) is 15.9 Å². The fourth-order valence-corrected chi connectivity index (χ4v) is 5.28. The quantitative estimate of drug-likeness (QED) is 0.160. The van der Waals surface area contributed by atoms with Gasteiger partial charge in [-0.3, -0.25) is 0 Å². The number of hydrogen-bond acceptors (Lipinski definition) is 3. The highest BCUT2D eigenvalue weighted by Gasteiger charge is 2.12. The van der Waals surface area contributed by atoms with Crippen LogP contribution in [0, 0.1) is 17.2 Å². The van der Waals surface area contributed by atoms with Crippen molar-refractivity contribution in [3.05, 3.63) is 155 Å². The lowest BCUT2D eigenvalue weighted by atomic mass is 9.96. The molecule has 0 aromatic heterocycles. The Kier molecular flexibility index (Phi) is 9.92. The third-order valence-corrected chi connectivity index (χ3v) is 7.80. The van der Waals surface area contributed by atoms with Crippen molar-refractivity contribution in [2.75, 3.05) is 6.61 Å². The highest BCUT2D eigenvalue weighted by Crippen LogP contribution is 2.25. The summed E-state index contributed by atoms with van der Waals surface area (Å²) in [5, 5.41) is 19.4. The maximum Gasteiger partial charge on any atom is 0.160 e. The number of aliphatic hydroxyl groups is 1. The normalized spacial score (nSPS) is 14.1. The predicted octanol–water partition coefficient (Wildman–Crippen LogP) is 9.06. The first-order valence-corrected chi connectivity index (χ1v) is 15.1. The number of rotatable bonds is 9. The fraction of sp³-hybridized carbons (Fsp3) is 0.175. The van der Waals surface area contributed by atoms with Crippen LogP contribution in [0.2, 0.25) is 0 Å². The molecule has 1 aliphatic carbocycles. The number of aliphatic hydroxyl groups excluding tert-OH is 1. The van der Waals surface area contributed by atoms with Gasteiger partial charge in [0.15, 0.2) is 5.84 Å². The van der Waals surface area contributed by atoms with Gasteiger partial charge in [0.05, 0.1) is 17.3 Å². The molecule has 4 aromatic rings. The smallest absolute Gasteiger partial charge is 0.160 e. The van der Waals surface area contributed by atoms with Crippen LogP contribution in [0.4, 0.5) is 0 Å². The van der Waals surface area contributed by atoms with E-state index in [0.29, 0.717) is 29.2 Å². The Labute approximate surface area is 260 Å². The molecule has 4 nitrogen and oxygen atoms in total. The molecule has 44 heavy (non-hydrogen) atoms. The molecule has 0 amide bonds. The van der Waals surface area contributed by atoms with Crippen LogP contribution in [-0.4, -0.2) is 23.3 Å². The lowest BCUT2D eigenvalue weighted by Gasteiger charge is -2.12. The SMILES string of the molecule is C=C(N=C(N=C(C)c1ccc(CC(C)CO)cc1C#N)c1ccc(-c2ccccc2)cc1)c1ccc(C2=CCCC=C2)cc1. The summed E-state index contributed by atoms with van der Waals surface area (Å²) >= 11 is 0. The summed E-state index contributed by atoms with van der Waals surface area (Å²) in [6, 6.07) is 35.0. The molecule has 0 spiro atoms. The molecular weight excluding hydrogens is 538 g/mol. The van der Waals surface area contributed by atoms with Gasteiger partial charge in [-0.1, -0.05) is 123 Å². The summed E-state index contributed by atoms with van der Waals surface area (Å²) in [6.45, 7) is 8.30. The van der Waals surface area contributed by atoms with Gasteiger partial charge >= 0.3 is 0 Å². The number of nitriles is 1. The molecule has 0 heterocycles. The molecule has 0 bridgehead atoms. The minimum Gasteiger partial charge on any atom is -0.396 e. The number of hydrogen-bond donors (Lipinski definition) is 1. The lowest BCUT2D eigenvalue weighted by molar-refractivity contribution is 0.237. The van der Waals surface area contributed by atoms with Crippen LogP contribution in [0.25, 0.3) is 22.4 Å². The predicted molar refractivity (Wildman–Crippen MR) is 184 cm³/mol. The average Bonchev–Trinajstić information content (AvgIpc) is 3.08. The van der Waals surface area contributed by atoms with Gasteiger partial charge in [-0.25, -0.2) is 9.98 Å². The van der Waals surface area contributed by atoms with Gasteiger partial charge < -0.3 is 5.11 Å². The van der Waals surface area contributed by atoms with E-state index in [0.717, 1.165) is 46.2 Å². The zero-order valence-corrected chi connectivity index (χ0v) is 25.4. The van der Waals surface area contributed by atoms with E-state index in [4.69, 9.17) is 9.98 Å².